The first-order valence-corrected chi connectivity index (χ1v) is 9.31. The number of carbonyl (C=O) groups is 2. The second-order valence-electron chi connectivity index (χ2n) is 6.83. The zero-order valence-corrected chi connectivity index (χ0v) is 17.0. The van der Waals surface area contributed by atoms with Crippen LogP contribution >= 0.6 is 12.4 Å². The van der Waals surface area contributed by atoms with Gasteiger partial charge in [-0.2, -0.15) is 0 Å². The molecule has 1 N–H and O–H groups in total. The third kappa shape index (κ3) is 4.40. The summed E-state index contributed by atoms with van der Waals surface area (Å²) in [6.45, 7) is 8.25. The van der Waals surface area contributed by atoms with E-state index in [-0.39, 0.29) is 24.0 Å². The average molecular weight is 387 g/mol. The van der Waals surface area contributed by atoms with Gasteiger partial charge in [-0.1, -0.05) is 6.92 Å². The third-order valence-corrected chi connectivity index (χ3v) is 4.84. The predicted octanol–water partition coefficient (Wildman–Crippen LogP) is 5.01. The van der Waals surface area contributed by atoms with Crippen molar-refractivity contribution in [2.45, 2.75) is 40.2 Å². The lowest BCUT2D eigenvalue weighted by Crippen LogP contribution is -2.17. The van der Waals surface area contributed by atoms with Gasteiger partial charge in [0.05, 0.1) is 0 Å². The lowest BCUT2D eigenvalue weighted by Gasteiger charge is -2.08. The quantitative estimate of drug-likeness (QED) is 0.437. The lowest BCUT2D eigenvalue weighted by molar-refractivity contribution is 0.100. The van der Waals surface area contributed by atoms with Crippen molar-refractivity contribution in [3.8, 4) is 0 Å². The van der Waals surface area contributed by atoms with Crippen LogP contribution in [0.4, 0.5) is 0 Å². The molecule has 0 radical (unpaired) electrons. The lowest BCUT2D eigenvalue weighted by atomic mass is 10.0. The summed E-state index contributed by atoms with van der Waals surface area (Å²) < 4.78 is 2.30. The standard InChI is InChI=1S/C22H26N2O2.ClH/c1-4-10-23-11-5-12-24-21-8-6-17(15(2)25)13-19(21)20-14-18(16(3)26)7-9-22(20)24;/h6-9,13-14,23H,4-5,10-12H2,1-3H3;1H. The fourth-order valence-corrected chi connectivity index (χ4v) is 3.45. The van der Waals surface area contributed by atoms with Crippen molar-refractivity contribution in [1.29, 1.82) is 0 Å². The largest absolute Gasteiger partial charge is 0.340 e. The van der Waals surface area contributed by atoms with Crippen LogP contribution in [0.1, 0.15) is 54.3 Å². The smallest absolute Gasteiger partial charge is 0.159 e. The summed E-state index contributed by atoms with van der Waals surface area (Å²) >= 11 is 0. The molecular weight excluding hydrogens is 360 g/mol. The molecule has 144 valence electrons. The highest BCUT2D eigenvalue weighted by Crippen LogP contribution is 2.31. The Morgan fingerprint density at radius 1 is 0.889 bits per heavy atom. The Balaban J connectivity index is 0.00000261. The molecule has 0 saturated carbocycles. The number of rotatable bonds is 8. The molecule has 0 amide bonds. The first kappa shape index (κ1) is 21.1. The van der Waals surface area contributed by atoms with Crippen molar-refractivity contribution in [3.63, 3.8) is 0 Å². The van der Waals surface area contributed by atoms with Gasteiger partial charge in [-0.05, 0) is 76.2 Å². The van der Waals surface area contributed by atoms with Gasteiger partial charge in [0, 0.05) is 39.5 Å². The molecule has 0 atom stereocenters. The third-order valence-electron chi connectivity index (χ3n) is 4.84. The minimum atomic E-state index is 0. The van der Waals surface area contributed by atoms with Gasteiger partial charge in [0.2, 0.25) is 0 Å². The van der Waals surface area contributed by atoms with Crippen LogP contribution in [0.15, 0.2) is 36.4 Å². The van der Waals surface area contributed by atoms with E-state index < -0.39 is 0 Å². The first-order chi connectivity index (χ1) is 12.5. The minimum Gasteiger partial charge on any atom is -0.340 e. The Labute approximate surface area is 166 Å². The number of fused-ring (bicyclic) bond motifs is 3. The fraction of sp³-hybridized carbons (Fsp3) is 0.364. The highest BCUT2D eigenvalue weighted by molar-refractivity contribution is 6.12. The Kier molecular flexibility index (Phi) is 7.17. The van der Waals surface area contributed by atoms with E-state index >= 15 is 0 Å². The van der Waals surface area contributed by atoms with Gasteiger partial charge in [-0.15, -0.1) is 12.4 Å². The summed E-state index contributed by atoms with van der Waals surface area (Å²) in [6, 6.07) is 11.7. The normalized spacial score (nSPS) is 10.9. The van der Waals surface area contributed by atoms with Gasteiger partial charge < -0.3 is 9.88 Å². The van der Waals surface area contributed by atoms with Gasteiger partial charge in [0.1, 0.15) is 0 Å². The number of hydrogen-bond acceptors (Lipinski definition) is 3. The van der Waals surface area contributed by atoms with Crippen LogP contribution in [-0.4, -0.2) is 29.2 Å². The van der Waals surface area contributed by atoms with Crippen LogP contribution in [0.3, 0.4) is 0 Å². The molecule has 0 bridgehead atoms. The van der Waals surface area contributed by atoms with Crippen LogP contribution in [0, 0.1) is 0 Å². The van der Waals surface area contributed by atoms with Crippen LogP contribution < -0.4 is 5.32 Å². The minimum absolute atomic E-state index is 0. The van der Waals surface area contributed by atoms with Crippen molar-refractivity contribution in [3.05, 3.63) is 47.5 Å². The predicted molar refractivity (Wildman–Crippen MR) is 114 cm³/mol. The van der Waals surface area contributed by atoms with Gasteiger partial charge in [-0.25, -0.2) is 0 Å². The van der Waals surface area contributed by atoms with Gasteiger partial charge in [0.25, 0.3) is 0 Å². The molecule has 1 heterocycles. The monoisotopic (exact) mass is 386 g/mol. The van der Waals surface area contributed by atoms with E-state index in [4.69, 9.17) is 0 Å². The molecule has 5 heteroatoms. The van der Waals surface area contributed by atoms with Crippen molar-refractivity contribution in [2.75, 3.05) is 13.1 Å². The van der Waals surface area contributed by atoms with E-state index in [1.54, 1.807) is 13.8 Å². The number of nitrogens with one attached hydrogen (secondary N) is 1. The second kappa shape index (κ2) is 9.16. The molecule has 3 aromatic rings. The molecule has 4 nitrogen and oxygen atoms in total. The summed E-state index contributed by atoms with van der Waals surface area (Å²) in [7, 11) is 0. The first-order valence-electron chi connectivity index (χ1n) is 9.31. The fourth-order valence-electron chi connectivity index (χ4n) is 3.45. The molecular formula is C22H27ClN2O2. The van der Waals surface area contributed by atoms with Crippen LogP contribution in [0.5, 0.6) is 0 Å². The molecule has 0 fully saturated rings. The summed E-state index contributed by atoms with van der Waals surface area (Å²) in [5.74, 6) is 0.110. The van der Waals surface area contributed by atoms with Crippen LogP contribution in [-0.2, 0) is 6.54 Å². The molecule has 2 aromatic carbocycles. The molecule has 27 heavy (non-hydrogen) atoms. The molecule has 1 aromatic heterocycles. The maximum Gasteiger partial charge on any atom is 0.159 e. The van der Waals surface area contributed by atoms with Crippen LogP contribution in [0.25, 0.3) is 21.8 Å². The number of nitrogens with zero attached hydrogens (tertiary/aromatic N) is 1. The number of aromatic nitrogens is 1. The van der Waals surface area contributed by atoms with E-state index in [0.717, 1.165) is 54.3 Å². The van der Waals surface area contributed by atoms with Gasteiger partial charge in [-0.3, -0.25) is 9.59 Å². The Hall–Kier alpha value is -2.17. The molecule has 0 saturated heterocycles. The highest BCUT2D eigenvalue weighted by Gasteiger charge is 2.13. The summed E-state index contributed by atoms with van der Waals surface area (Å²) in [4.78, 5) is 23.6. The van der Waals surface area contributed by atoms with E-state index in [9.17, 15) is 9.59 Å². The van der Waals surface area contributed by atoms with E-state index in [0.29, 0.717) is 11.1 Å². The zero-order chi connectivity index (χ0) is 18.7. The molecule has 0 spiro atoms. The highest BCUT2D eigenvalue weighted by atomic mass is 35.5. The number of benzene rings is 2. The molecule has 0 unspecified atom stereocenters. The van der Waals surface area contributed by atoms with Gasteiger partial charge in [0.15, 0.2) is 11.6 Å². The number of carbonyl (C=O) groups excluding carboxylic acids is 2. The second-order valence-corrected chi connectivity index (χ2v) is 6.83. The topological polar surface area (TPSA) is 51.1 Å². The van der Waals surface area contributed by atoms with Crippen molar-refractivity contribution in [1.82, 2.24) is 9.88 Å². The van der Waals surface area contributed by atoms with E-state index in [2.05, 4.69) is 16.8 Å². The molecule has 0 aliphatic carbocycles. The number of ketones is 2. The summed E-state index contributed by atoms with van der Waals surface area (Å²) in [6.07, 6.45) is 2.17. The number of aryl methyl sites for hydroxylation is 1. The molecule has 0 aliphatic heterocycles. The maximum absolute atomic E-state index is 11.8. The number of halogens is 1. The Morgan fingerprint density at radius 2 is 1.41 bits per heavy atom. The SMILES string of the molecule is CCCNCCCn1c2ccc(C(C)=O)cc2c2cc(C(C)=O)ccc21.Cl. The Morgan fingerprint density at radius 3 is 1.85 bits per heavy atom. The van der Waals surface area contributed by atoms with Crippen molar-refractivity contribution < 1.29 is 9.59 Å². The van der Waals surface area contributed by atoms with Crippen LogP contribution in [0.2, 0.25) is 0 Å². The maximum atomic E-state index is 11.8. The zero-order valence-electron chi connectivity index (χ0n) is 16.2. The average Bonchev–Trinajstić information content (AvgIpc) is 2.94. The Bertz CT molecular complexity index is 904. The van der Waals surface area contributed by atoms with Crippen molar-refractivity contribution >= 4 is 45.8 Å². The number of Topliss-reactive ketones (excluding diaryl/α,β-unsaturated/α-hetero) is 2. The molecule has 0 aliphatic rings. The van der Waals surface area contributed by atoms with E-state index in [1.165, 1.54) is 0 Å². The van der Waals surface area contributed by atoms with Gasteiger partial charge >= 0.3 is 0 Å². The number of hydrogen-bond donors (Lipinski definition) is 1. The molecule has 3 rings (SSSR count). The summed E-state index contributed by atoms with van der Waals surface area (Å²) in [5.41, 5.74) is 3.63. The van der Waals surface area contributed by atoms with Crippen molar-refractivity contribution in [2.24, 2.45) is 0 Å². The summed E-state index contributed by atoms with van der Waals surface area (Å²) in [5, 5.41) is 5.52. The van der Waals surface area contributed by atoms with E-state index in [1.807, 2.05) is 36.4 Å².